The number of aromatic nitrogens is 1. The average Bonchev–Trinajstić information content (AvgIpc) is 3.07. The van der Waals surface area contributed by atoms with Crippen molar-refractivity contribution in [3.8, 4) is 0 Å². The fraction of sp³-hybridized carbons (Fsp3) is 0.625. The zero-order valence-electron chi connectivity index (χ0n) is 12.9. The normalized spacial score (nSPS) is 29.6. The molecule has 0 aromatic carbocycles. The van der Waals surface area contributed by atoms with E-state index in [4.69, 9.17) is 11.6 Å². The molecule has 1 aromatic heterocycles. The topological polar surface area (TPSA) is 65.5 Å². The number of hydrogen-bond donors (Lipinski definition) is 2. The molecule has 6 heteroatoms. The van der Waals surface area contributed by atoms with Crippen LogP contribution in [0.25, 0.3) is 0 Å². The summed E-state index contributed by atoms with van der Waals surface area (Å²) in [6.07, 6.45) is 3.44. The van der Waals surface area contributed by atoms with Crippen LogP contribution in [0.15, 0.2) is 12.1 Å². The van der Waals surface area contributed by atoms with Gasteiger partial charge in [0.1, 0.15) is 11.0 Å². The molecule has 2 N–H and O–H groups in total. The first-order valence-electron chi connectivity index (χ1n) is 7.76. The van der Waals surface area contributed by atoms with Crippen LogP contribution in [-0.4, -0.2) is 42.7 Å². The first-order valence-corrected chi connectivity index (χ1v) is 8.14. The largest absolute Gasteiger partial charge is 0.396 e. The summed E-state index contributed by atoms with van der Waals surface area (Å²) in [4.78, 5) is 18.6. The molecular formula is C16H22ClN3O2. The zero-order chi connectivity index (χ0) is 15.9. The molecule has 1 amide bonds. The fourth-order valence-corrected chi connectivity index (χ4v) is 4.18. The maximum atomic E-state index is 12.6. The van der Waals surface area contributed by atoms with Gasteiger partial charge in [-0.3, -0.25) is 4.79 Å². The lowest BCUT2D eigenvalue weighted by molar-refractivity contribution is 0.0861. The van der Waals surface area contributed by atoms with Gasteiger partial charge in [-0.15, -0.1) is 0 Å². The number of carbonyl (C=O) groups excluding carboxylic acids is 1. The molecule has 0 spiro atoms. The van der Waals surface area contributed by atoms with Gasteiger partial charge in [0, 0.05) is 38.2 Å². The Hall–Kier alpha value is -1.33. The summed E-state index contributed by atoms with van der Waals surface area (Å²) < 4.78 is 0. The van der Waals surface area contributed by atoms with Crippen LogP contribution in [0.2, 0.25) is 5.15 Å². The molecule has 1 aromatic rings. The van der Waals surface area contributed by atoms with Crippen LogP contribution in [-0.2, 0) is 0 Å². The third-order valence-corrected chi connectivity index (χ3v) is 5.29. The molecule has 2 aliphatic carbocycles. The van der Waals surface area contributed by atoms with Gasteiger partial charge in [0.05, 0.1) is 0 Å². The van der Waals surface area contributed by atoms with E-state index in [1.807, 2.05) is 19.0 Å². The molecule has 2 saturated carbocycles. The smallest absolute Gasteiger partial charge is 0.251 e. The van der Waals surface area contributed by atoms with E-state index in [1.165, 1.54) is 6.42 Å². The van der Waals surface area contributed by atoms with E-state index in [2.05, 4.69) is 10.3 Å². The third-order valence-electron chi connectivity index (χ3n) is 5.10. The highest BCUT2D eigenvalue weighted by Crippen LogP contribution is 2.48. The predicted octanol–water partition coefficient (Wildman–Crippen LogP) is 1.94. The van der Waals surface area contributed by atoms with Crippen LogP contribution < -0.4 is 10.2 Å². The van der Waals surface area contributed by atoms with Gasteiger partial charge < -0.3 is 15.3 Å². The highest BCUT2D eigenvalue weighted by Gasteiger charge is 2.47. The number of halogens is 1. The Bertz CT molecular complexity index is 579. The molecule has 4 atom stereocenters. The van der Waals surface area contributed by atoms with Crippen LogP contribution in [0.4, 0.5) is 5.82 Å². The number of nitrogens with one attached hydrogen (secondary N) is 1. The Morgan fingerprint density at radius 2 is 2.14 bits per heavy atom. The van der Waals surface area contributed by atoms with Gasteiger partial charge in [-0.05, 0) is 43.2 Å². The molecule has 4 unspecified atom stereocenters. The van der Waals surface area contributed by atoms with Gasteiger partial charge in [-0.2, -0.15) is 0 Å². The number of pyridine rings is 1. The van der Waals surface area contributed by atoms with Crippen molar-refractivity contribution >= 4 is 23.3 Å². The quantitative estimate of drug-likeness (QED) is 0.831. The third kappa shape index (κ3) is 2.79. The average molecular weight is 324 g/mol. The van der Waals surface area contributed by atoms with Crippen molar-refractivity contribution in [1.29, 1.82) is 0 Å². The van der Waals surface area contributed by atoms with Crippen molar-refractivity contribution in [2.45, 2.75) is 25.3 Å². The van der Waals surface area contributed by atoms with Crippen molar-refractivity contribution in [3.05, 3.63) is 22.8 Å². The van der Waals surface area contributed by atoms with Crippen molar-refractivity contribution in [2.75, 3.05) is 25.6 Å². The maximum Gasteiger partial charge on any atom is 0.251 e. The number of anilines is 1. The van der Waals surface area contributed by atoms with Crippen LogP contribution in [0.5, 0.6) is 0 Å². The first kappa shape index (κ1) is 15.6. The number of aliphatic hydroxyl groups is 1. The summed E-state index contributed by atoms with van der Waals surface area (Å²) >= 11 is 6.02. The Balaban J connectivity index is 1.77. The van der Waals surface area contributed by atoms with E-state index in [9.17, 15) is 9.90 Å². The predicted molar refractivity (Wildman–Crippen MR) is 86.2 cm³/mol. The second-order valence-electron chi connectivity index (χ2n) is 6.61. The highest BCUT2D eigenvalue weighted by molar-refractivity contribution is 6.29. The maximum absolute atomic E-state index is 12.6. The van der Waals surface area contributed by atoms with Crippen molar-refractivity contribution < 1.29 is 9.90 Å². The lowest BCUT2D eigenvalue weighted by atomic mass is 9.85. The molecule has 120 valence electrons. The van der Waals surface area contributed by atoms with E-state index in [1.54, 1.807) is 12.1 Å². The second kappa shape index (κ2) is 6.05. The van der Waals surface area contributed by atoms with Gasteiger partial charge in [-0.25, -0.2) is 4.98 Å². The molecule has 2 bridgehead atoms. The molecule has 22 heavy (non-hydrogen) atoms. The highest BCUT2D eigenvalue weighted by atomic mass is 35.5. The summed E-state index contributed by atoms with van der Waals surface area (Å²) in [5.74, 6) is 1.76. The van der Waals surface area contributed by atoms with Crippen LogP contribution in [0.1, 0.15) is 29.6 Å². The standard InChI is InChI=1S/C16H22ClN3O2/c1-20(2)14-7-11(6-13(17)18-14)16(22)19-15-10-4-3-9(5-10)12(15)8-21/h6-7,9-10,12,15,21H,3-5,8H2,1-2H3,(H,19,22). The van der Waals surface area contributed by atoms with E-state index in [0.29, 0.717) is 28.4 Å². The SMILES string of the molecule is CN(C)c1cc(C(=O)NC2C3CCC(C3)C2CO)cc(Cl)n1. The lowest BCUT2D eigenvalue weighted by Crippen LogP contribution is -2.45. The molecule has 0 saturated heterocycles. The van der Waals surface area contributed by atoms with E-state index >= 15 is 0 Å². The summed E-state index contributed by atoms with van der Waals surface area (Å²) in [6.45, 7) is 0.145. The van der Waals surface area contributed by atoms with E-state index in [0.717, 1.165) is 12.8 Å². The number of hydrogen-bond acceptors (Lipinski definition) is 4. The molecule has 0 radical (unpaired) electrons. The second-order valence-corrected chi connectivity index (χ2v) is 7.00. The Morgan fingerprint density at radius 1 is 1.41 bits per heavy atom. The number of nitrogens with zero attached hydrogens (tertiary/aromatic N) is 2. The van der Waals surface area contributed by atoms with Crippen LogP contribution in [0.3, 0.4) is 0 Å². The summed E-state index contributed by atoms with van der Waals surface area (Å²) in [5, 5.41) is 13.0. The molecule has 0 aliphatic heterocycles. The van der Waals surface area contributed by atoms with Gasteiger partial charge in [0.15, 0.2) is 0 Å². The lowest BCUT2D eigenvalue weighted by Gasteiger charge is -2.30. The monoisotopic (exact) mass is 323 g/mol. The minimum absolute atomic E-state index is 0.0750. The number of amides is 1. The molecule has 2 aliphatic rings. The van der Waals surface area contributed by atoms with Crippen molar-refractivity contribution in [3.63, 3.8) is 0 Å². The van der Waals surface area contributed by atoms with Gasteiger partial charge in [-0.1, -0.05) is 11.6 Å². The van der Waals surface area contributed by atoms with E-state index < -0.39 is 0 Å². The number of rotatable bonds is 4. The molecule has 3 rings (SSSR count). The Labute approximate surface area is 135 Å². The van der Waals surface area contributed by atoms with E-state index in [-0.39, 0.29) is 24.5 Å². The fourth-order valence-electron chi connectivity index (χ4n) is 3.98. The molecule has 1 heterocycles. The van der Waals surface area contributed by atoms with Crippen LogP contribution in [0, 0.1) is 17.8 Å². The number of fused-ring (bicyclic) bond motifs is 2. The summed E-state index contributed by atoms with van der Waals surface area (Å²) in [5.41, 5.74) is 0.517. The van der Waals surface area contributed by atoms with Crippen LogP contribution >= 0.6 is 11.6 Å². The Kier molecular flexibility index (Phi) is 4.28. The zero-order valence-corrected chi connectivity index (χ0v) is 13.7. The summed E-state index contributed by atoms with van der Waals surface area (Å²) in [7, 11) is 3.72. The summed E-state index contributed by atoms with van der Waals surface area (Å²) in [6, 6.07) is 3.40. The molecular weight excluding hydrogens is 302 g/mol. The number of carbonyl (C=O) groups is 1. The van der Waals surface area contributed by atoms with Gasteiger partial charge in [0.25, 0.3) is 5.91 Å². The first-order chi connectivity index (χ1) is 10.5. The minimum Gasteiger partial charge on any atom is -0.396 e. The molecule has 2 fully saturated rings. The van der Waals surface area contributed by atoms with Gasteiger partial charge >= 0.3 is 0 Å². The van der Waals surface area contributed by atoms with Crippen molar-refractivity contribution in [1.82, 2.24) is 10.3 Å². The Morgan fingerprint density at radius 3 is 2.82 bits per heavy atom. The molecule has 5 nitrogen and oxygen atoms in total. The van der Waals surface area contributed by atoms with Crippen molar-refractivity contribution in [2.24, 2.45) is 17.8 Å². The minimum atomic E-state index is -0.136. The van der Waals surface area contributed by atoms with Gasteiger partial charge in [0.2, 0.25) is 0 Å². The number of aliphatic hydroxyl groups excluding tert-OH is 1.